The van der Waals surface area contributed by atoms with Gasteiger partial charge in [-0.15, -0.1) is 0 Å². The van der Waals surface area contributed by atoms with Gasteiger partial charge in [0.05, 0.1) is 11.4 Å². The standard InChI is InChI=1S/C12H15N3O3/c1-4-7-6-9(15(3)14-7)11-13-8(5-2)10(18-11)12(16)17/h6H,4-5H2,1-3H3,(H,16,17). The molecule has 0 saturated carbocycles. The number of rotatable bonds is 4. The van der Waals surface area contributed by atoms with Crippen LogP contribution < -0.4 is 0 Å². The van der Waals surface area contributed by atoms with Gasteiger partial charge in [0, 0.05) is 7.05 Å². The Balaban J connectivity index is 2.50. The number of aromatic nitrogens is 3. The van der Waals surface area contributed by atoms with Crippen molar-refractivity contribution in [3.05, 3.63) is 23.2 Å². The molecule has 2 rings (SSSR count). The summed E-state index contributed by atoms with van der Waals surface area (Å²) in [7, 11) is 1.78. The summed E-state index contributed by atoms with van der Waals surface area (Å²) in [5, 5.41) is 13.3. The number of aromatic carboxylic acids is 1. The van der Waals surface area contributed by atoms with Crippen LogP contribution in [0.4, 0.5) is 0 Å². The first kappa shape index (κ1) is 12.3. The zero-order valence-corrected chi connectivity index (χ0v) is 10.6. The van der Waals surface area contributed by atoms with E-state index in [1.54, 1.807) is 11.7 Å². The number of nitrogens with zero attached hydrogens (tertiary/aromatic N) is 3. The fourth-order valence-corrected chi connectivity index (χ4v) is 1.77. The van der Waals surface area contributed by atoms with Crippen molar-refractivity contribution < 1.29 is 14.3 Å². The third kappa shape index (κ3) is 2.01. The molecular formula is C12H15N3O3. The number of carboxylic acids is 1. The number of hydrogen-bond acceptors (Lipinski definition) is 4. The molecular weight excluding hydrogens is 234 g/mol. The molecule has 0 saturated heterocycles. The SMILES string of the molecule is CCc1cc(-c2nc(CC)c(C(=O)O)o2)n(C)n1. The molecule has 18 heavy (non-hydrogen) atoms. The predicted molar refractivity (Wildman–Crippen MR) is 64.4 cm³/mol. The van der Waals surface area contributed by atoms with E-state index in [0.29, 0.717) is 23.7 Å². The molecule has 0 atom stereocenters. The average Bonchev–Trinajstić information content (AvgIpc) is 2.91. The van der Waals surface area contributed by atoms with Crippen LogP contribution in [-0.4, -0.2) is 25.8 Å². The van der Waals surface area contributed by atoms with Crippen molar-refractivity contribution >= 4 is 5.97 Å². The van der Waals surface area contributed by atoms with Gasteiger partial charge in [0.1, 0.15) is 5.69 Å². The first-order valence-corrected chi connectivity index (χ1v) is 5.83. The Bertz CT molecular complexity index is 583. The second-order valence-electron chi connectivity index (χ2n) is 3.95. The van der Waals surface area contributed by atoms with Crippen molar-refractivity contribution in [2.75, 3.05) is 0 Å². The highest BCUT2D eigenvalue weighted by atomic mass is 16.4. The summed E-state index contributed by atoms with van der Waals surface area (Å²) in [6.45, 7) is 3.84. The van der Waals surface area contributed by atoms with Crippen LogP contribution >= 0.6 is 0 Å². The summed E-state index contributed by atoms with van der Waals surface area (Å²) in [6, 6.07) is 1.86. The Morgan fingerprint density at radius 2 is 2.17 bits per heavy atom. The lowest BCUT2D eigenvalue weighted by molar-refractivity contribution is 0.0661. The molecule has 6 heteroatoms. The molecule has 0 amide bonds. The van der Waals surface area contributed by atoms with Gasteiger partial charge in [-0.3, -0.25) is 4.68 Å². The Kier molecular flexibility index (Phi) is 3.18. The molecule has 0 radical (unpaired) electrons. The van der Waals surface area contributed by atoms with Gasteiger partial charge < -0.3 is 9.52 Å². The summed E-state index contributed by atoms with van der Waals surface area (Å²) in [5.41, 5.74) is 2.06. The van der Waals surface area contributed by atoms with E-state index in [0.717, 1.165) is 12.1 Å². The van der Waals surface area contributed by atoms with Gasteiger partial charge in [0.15, 0.2) is 0 Å². The molecule has 2 heterocycles. The summed E-state index contributed by atoms with van der Waals surface area (Å²) >= 11 is 0. The molecule has 2 aromatic rings. The lowest BCUT2D eigenvalue weighted by Crippen LogP contribution is -1.98. The van der Waals surface area contributed by atoms with Gasteiger partial charge in [-0.25, -0.2) is 9.78 Å². The number of aryl methyl sites for hydroxylation is 3. The number of oxazole rings is 1. The zero-order valence-electron chi connectivity index (χ0n) is 10.6. The maximum absolute atomic E-state index is 11.0. The summed E-state index contributed by atoms with van der Waals surface area (Å²) in [5.74, 6) is -0.880. The van der Waals surface area contributed by atoms with Crippen LogP contribution in [0.25, 0.3) is 11.6 Å². The van der Waals surface area contributed by atoms with Gasteiger partial charge in [0.2, 0.25) is 11.7 Å². The van der Waals surface area contributed by atoms with Gasteiger partial charge in [-0.05, 0) is 18.9 Å². The van der Waals surface area contributed by atoms with E-state index in [9.17, 15) is 4.79 Å². The zero-order chi connectivity index (χ0) is 13.3. The first-order valence-electron chi connectivity index (χ1n) is 5.83. The van der Waals surface area contributed by atoms with Crippen molar-refractivity contribution in [3.63, 3.8) is 0 Å². The Hall–Kier alpha value is -2.11. The van der Waals surface area contributed by atoms with Crippen LogP contribution in [0.1, 0.15) is 35.8 Å². The number of hydrogen-bond donors (Lipinski definition) is 1. The quantitative estimate of drug-likeness (QED) is 0.894. The van der Waals surface area contributed by atoms with Gasteiger partial charge in [0.25, 0.3) is 0 Å². The summed E-state index contributed by atoms with van der Waals surface area (Å²) < 4.78 is 6.97. The molecule has 0 aromatic carbocycles. The Morgan fingerprint density at radius 3 is 2.61 bits per heavy atom. The van der Waals surface area contributed by atoms with E-state index in [4.69, 9.17) is 9.52 Å². The van der Waals surface area contributed by atoms with Crippen LogP contribution in [0.15, 0.2) is 10.5 Å². The van der Waals surface area contributed by atoms with Crippen molar-refractivity contribution in [1.29, 1.82) is 0 Å². The molecule has 96 valence electrons. The van der Waals surface area contributed by atoms with Crippen molar-refractivity contribution in [3.8, 4) is 11.6 Å². The van der Waals surface area contributed by atoms with Crippen LogP contribution in [0.5, 0.6) is 0 Å². The predicted octanol–water partition coefficient (Wildman–Crippen LogP) is 1.90. The minimum atomic E-state index is -1.09. The van der Waals surface area contributed by atoms with Gasteiger partial charge >= 0.3 is 5.97 Å². The van der Waals surface area contributed by atoms with Crippen LogP contribution in [0.3, 0.4) is 0 Å². The Labute approximate surface area is 104 Å². The van der Waals surface area contributed by atoms with Crippen LogP contribution in [-0.2, 0) is 19.9 Å². The van der Waals surface area contributed by atoms with E-state index in [2.05, 4.69) is 10.1 Å². The lowest BCUT2D eigenvalue weighted by atomic mass is 10.3. The monoisotopic (exact) mass is 249 g/mol. The minimum absolute atomic E-state index is 0.0910. The van der Waals surface area contributed by atoms with Crippen LogP contribution in [0, 0.1) is 0 Å². The summed E-state index contributed by atoms with van der Waals surface area (Å²) in [6.07, 6.45) is 1.32. The molecule has 0 aliphatic rings. The third-order valence-electron chi connectivity index (χ3n) is 2.74. The maximum Gasteiger partial charge on any atom is 0.373 e. The highest BCUT2D eigenvalue weighted by Gasteiger charge is 2.21. The molecule has 2 aromatic heterocycles. The highest BCUT2D eigenvalue weighted by Crippen LogP contribution is 2.23. The van der Waals surface area contributed by atoms with E-state index in [1.807, 2.05) is 19.9 Å². The van der Waals surface area contributed by atoms with Crippen molar-refractivity contribution in [1.82, 2.24) is 14.8 Å². The second-order valence-corrected chi connectivity index (χ2v) is 3.95. The molecule has 0 bridgehead atoms. The fourth-order valence-electron chi connectivity index (χ4n) is 1.77. The third-order valence-corrected chi connectivity index (χ3v) is 2.74. The van der Waals surface area contributed by atoms with Crippen molar-refractivity contribution in [2.45, 2.75) is 26.7 Å². The van der Waals surface area contributed by atoms with Crippen molar-refractivity contribution in [2.24, 2.45) is 7.05 Å². The van der Waals surface area contributed by atoms with E-state index < -0.39 is 5.97 Å². The topological polar surface area (TPSA) is 81.1 Å². The molecule has 0 aliphatic carbocycles. The summed E-state index contributed by atoms with van der Waals surface area (Å²) in [4.78, 5) is 15.2. The first-order chi connectivity index (χ1) is 8.56. The Morgan fingerprint density at radius 1 is 1.44 bits per heavy atom. The minimum Gasteiger partial charge on any atom is -0.475 e. The number of carbonyl (C=O) groups is 1. The smallest absolute Gasteiger partial charge is 0.373 e. The van der Waals surface area contributed by atoms with E-state index in [1.165, 1.54) is 0 Å². The number of carboxylic acid groups (broad SMARTS) is 1. The maximum atomic E-state index is 11.0. The lowest BCUT2D eigenvalue weighted by Gasteiger charge is -1.94. The van der Waals surface area contributed by atoms with Gasteiger partial charge in [-0.1, -0.05) is 13.8 Å². The highest BCUT2D eigenvalue weighted by molar-refractivity contribution is 5.86. The molecule has 0 unspecified atom stereocenters. The molecule has 6 nitrogen and oxygen atoms in total. The fraction of sp³-hybridized carbons (Fsp3) is 0.417. The molecule has 0 spiro atoms. The molecule has 0 fully saturated rings. The van der Waals surface area contributed by atoms with E-state index >= 15 is 0 Å². The largest absolute Gasteiger partial charge is 0.475 e. The van der Waals surface area contributed by atoms with Crippen LogP contribution in [0.2, 0.25) is 0 Å². The van der Waals surface area contributed by atoms with Gasteiger partial charge in [-0.2, -0.15) is 5.10 Å². The second kappa shape index (κ2) is 4.64. The van der Waals surface area contributed by atoms with E-state index in [-0.39, 0.29) is 5.76 Å². The normalized spacial score (nSPS) is 10.8. The molecule has 1 N–H and O–H groups in total. The molecule has 0 aliphatic heterocycles. The average molecular weight is 249 g/mol.